The number of fused-ring (bicyclic) bond motifs is 1. The van der Waals surface area contributed by atoms with Gasteiger partial charge in [-0.25, -0.2) is 4.39 Å². The van der Waals surface area contributed by atoms with Crippen molar-refractivity contribution in [2.24, 2.45) is 0 Å². The van der Waals surface area contributed by atoms with Crippen molar-refractivity contribution in [1.29, 1.82) is 0 Å². The Balaban J connectivity index is 1.72. The van der Waals surface area contributed by atoms with Crippen molar-refractivity contribution in [2.75, 3.05) is 11.9 Å². The third kappa shape index (κ3) is 4.09. The molecule has 0 saturated heterocycles. The van der Waals surface area contributed by atoms with Crippen LogP contribution < -0.4 is 10.1 Å². The minimum atomic E-state index is -0.851. The number of pyridine rings is 1. The molecule has 0 fully saturated rings. The molecule has 0 spiro atoms. The van der Waals surface area contributed by atoms with E-state index in [1.54, 1.807) is 16.7 Å². The van der Waals surface area contributed by atoms with Gasteiger partial charge in [-0.2, -0.15) is 0 Å². The number of nitrogens with zero attached hydrogens (tertiary/aromatic N) is 1. The summed E-state index contributed by atoms with van der Waals surface area (Å²) in [6.07, 6.45) is 3.24. The standard InChI is InChI=1S/C25H19FN2O3/c1-2-14-31-22-15-18(26)11-12-21(22)27-25(30)24(29)23-20(17-8-4-3-5-9-17)16-19-10-6-7-13-28(19)23/h2-13,15-16H,1,14H2,(H,27,30). The number of halogens is 1. The molecule has 0 unspecified atom stereocenters. The molecule has 2 heterocycles. The van der Waals surface area contributed by atoms with Gasteiger partial charge in [-0.1, -0.05) is 49.1 Å². The van der Waals surface area contributed by atoms with Gasteiger partial charge in [-0.15, -0.1) is 0 Å². The van der Waals surface area contributed by atoms with Gasteiger partial charge in [0.15, 0.2) is 0 Å². The molecule has 5 nitrogen and oxygen atoms in total. The molecule has 2 aromatic heterocycles. The van der Waals surface area contributed by atoms with Crippen LogP contribution in [-0.4, -0.2) is 22.7 Å². The van der Waals surface area contributed by atoms with Crippen molar-refractivity contribution in [2.45, 2.75) is 0 Å². The average molecular weight is 414 g/mol. The van der Waals surface area contributed by atoms with Crippen molar-refractivity contribution in [3.05, 3.63) is 103 Å². The number of hydrogen-bond donors (Lipinski definition) is 1. The van der Waals surface area contributed by atoms with E-state index in [1.165, 1.54) is 18.2 Å². The van der Waals surface area contributed by atoms with E-state index in [9.17, 15) is 14.0 Å². The molecule has 0 aliphatic carbocycles. The van der Waals surface area contributed by atoms with Gasteiger partial charge in [0, 0.05) is 23.3 Å². The van der Waals surface area contributed by atoms with Crippen LogP contribution in [0.25, 0.3) is 16.6 Å². The van der Waals surface area contributed by atoms with Crippen LogP contribution >= 0.6 is 0 Å². The lowest BCUT2D eigenvalue weighted by Crippen LogP contribution is -2.25. The maximum absolute atomic E-state index is 13.6. The third-order valence-corrected chi connectivity index (χ3v) is 4.73. The predicted octanol–water partition coefficient (Wildman–Crippen LogP) is 5.13. The Morgan fingerprint density at radius 3 is 2.58 bits per heavy atom. The molecule has 0 saturated carbocycles. The van der Waals surface area contributed by atoms with E-state index in [1.807, 2.05) is 48.5 Å². The molecule has 0 aliphatic heterocycles. The van der Waals surface area contributed by atoms with Crippen LogP contribution in [0.3, 0.4) is 0 Å². The summed E-state index contributed by atoms with van der Waals surface area (Å²) in [6, 6.07) is 20.4. The molecule has 31 heavy (non-hydrogen) atoms. The van der Waals surface area contributed by atoms with E-state index < -0.39 is 17.5 Å². The monoisotopic (exact) mass is 414 g/mol. The first kappa shape index (κ1) is 20.1. The first-order valence-corrected chi connectivity index (χ1v) is 9.63. The molecule has 4 rings (SSSR count). The van der Waals surface area contributed by atoms with Gasteiger partial charge in [0.05, 0.1) is 5.69 Å². The van der Waals surface area contributed by atoms with Gasteiger partial charge in [0.1, 0.15) is 23.9 Å². The number of Topliss-reactive ketones (excluding diaryl/α,β-unsaturated/α-hetero) is 1. The van der Waals surface area contributed by atoms with E-state index in [0.29, 0.717) is 5.56 Å². The largest absolute Gasteiger partial charge is 0.487 e. The van der Waals surface area contributed by atoms with Crippen LogP contribution in [0.5, 0.6) is 5.75 Å². The van der Waals surface area contributed by atoms with Gasteiger partial charge in [-0.3, -0.25) is 9.59 Å². The van der Waals surface area contributed by atoms with Crippen molar-refractivity contribution in [3.8, 4) is 16.9 Å². The van der Waals surface area contributed by atoms with E-state index in [-0.39, 0.29) is 23.7 Å². The number of aromatic nitrogens is 1. The molecule has 154 valence electrons. The highest BCUT2D eigenvalue weighted by Crippen LogP contribution is 2.30. The zero-order valence-corrected chi connectivity index (χ0v) is 16.5. The van der Waals surface area contributed by atoms with Gasteiger partial charge >= 0.3 is 0 Å². The number of amides is 1. The summed E-state index contributed by atoms with van der Waals surface area (Å²) >= 11 is 0. The fourth-order valence-corrected chi connectivity index (χ4v) is 3.35. The first-order valence-electron chi connectivity index (χ1n) is 9.63. The minimum absolute atomic E-state index is 0.115. The second-order valence-electron chi connectivity index (χ2n) is 6.79. The van der Waals surface area contributed by atoms with Gasteiger partial charge < -0.3 is 14.5 Å². The number of benzene rings is 2. The Labute approximate surface area is 178 Å². The Hall–Kier alpha value is -4.19. The molecule has 6 heteroatoms. The zero-order chi connectivity index (χ0) is 21.8. The molecular weight excluding hydrogens is 395 g/mol. The SMILES string of the molecule is C=CCOc1cc(F)ccc1NC(=O)C(=O)c1c(-c2ccccc2)cc2ccccn12. The Kier molecular flexibility index (Phi) is 5.62. The molecule has 0 bridgehead atoms. The summed E-state index contributed by atoms with van der Waals surface area (Å²) in [5.74, 6) is -1.98. The molecule has 1 N–H and O–H groups in total. The number of carbonyl (C=O) groups is 2. The second-order valence-corrected chi connectivity index (χ2v) is 6.79. The zero-order valence-electron chi connectivity index (χ0n) is 16.5. The van der Waals surface area contributed by atoms with Crippen LogP contribution in [0.2, 0.25) is 0 Å². The summed E-state index contributed by atoms with van der Waals surface area (Å²) in [6.45, 7) is 3.68. The molecule has 0 radical (unpaired) electrons. The molecule has 4 aromatic rings. The number of anilines is 1. The molecular formula is C25H19FN2O3. The van der Waals surface area contributed by atoms with E-state index >= 15 is 0 Å². The molecule has 0 aliphatic rings. The van der Waals surface area contributed by atoms with E-state index in [2.05, 4.69) is 11.9 Å². The van der Waals surface area contributed by atoms with Crippen LogP contribution in [-0.2, 0) is 4.79 Å². The number of nitrogens with one attached hydrogen (secondary N) is 1. The Morgan fingerprint density at radius 1 is 1.03 bits per heavy atom. The third-order valence-electron chi connectivity index (χ3n) is 4.73. The van der Waals surface area contributed by atoms with E-state index in [0.717, 1.165) is 17.1 Å². The maximum Gasteiger partial charge on any atom is 0.298 e. The number of ether oxygens (including phenoxy) is 1. The Morgan fingerprint density at radius 2 is 1.81 bits per heavy atom. The summed E-state index contributed by atoms with van der Waals surface area (Å²) in [4.78, 5) is 26.2. The summed E-state index contributed by atoms with van der Waals surface area (Å²) in [7, 11) is 0. The lowest BCUT2D eigenvalue weighted by atomic mass is 10.0. The fourth-order valence-electron chi connectivity index (χ4n) is 3.35. The normalized spacial score (nSPS) is 10.6. The topological polar surface area (TPSA) is 59.8 Å². The van der Waals surface area contributed by atoms with Crippen molar-refractivity contribution in [1.82, 2.24) is 4.40 Å². The van der Waals surface area contributed by atoms with Crippen LogP contribution in [0.4, 0.5) is 10.1 Å². The fraction of sp³-hybridized carbons (Fsp3) is 0.0400. The number of hydrogen-bond acceptors (Lipinski definition) is 3. The molecule has 0 atom stereocenters. The number of rotatable bonds is 7. The lowest BCUT2D eigenvalue weighted by molar-refractivity contribution is -0.112. The summed E-state index contributed by atoms with van der Waals surface area (Å²) in [5, 5.41) is 2.55. The summed E-state index contributed by atoms with van der Waals surface area (Å²) < 4.78 is 20.7. The van der Waals surface area contributed by atoms with Crippen molar-refractivity contribution >= 4 is 22.9 Å². The molecule has 1 amide bonds. The van der Waals surface area contributed by atoms with Gasteiger partial charge in [0.25, 0.3) is 11.7 Å². The summed E-state index contributed by atoms with van der Waals surface area (Å²) in [5.41, 5.74) is 2.70. The number of carbonyl (C=O) groups excluding carboxylic acids is 2. The highest BCUT2D eigenvalue weighted by molar-refractivity contribution is 6.47. The van der Waals surface area contributed by atoms with E-state index in [4.69, 9.17) is 4.74 Å². The predicted molar refractivity (Wildman–Crippen MR) is 118 cm³/mol. The highest BCUT2D eigenvalue weighted by atomic mass is 19.1. The lowest BCUT2D eigenvalue weighted by Gasteiger charge is -2.12. The molecule has 2 aromatic carbocycles. The minimum Gasteiger partial charge on any atom is -0.487 e. The van der Waals surface area contributed by atoms with Crippen LogP contribution in [0.15, 0.2) is 91.6 Å². The van der Waals surface area contributed by atoms with Gasteiger partial charge in [-0.05, 0) is 35.9 Å². The van der Waals surface area contributed by atoms with Crippen LogP contribution in [0, 0.1) is 5.82 Å². The average Bonchev–Trinajstić information content (AvgIpc) is 3.18. The first-order chi connectivity index (χ1) is 15.1. The van der Waals surface area contributed by atoms with Gasteiger partial charge in [0.2, 0.25) is 0 Å². The quantitative estimate of drug-likeness (QED) is 0.259. The van der Waals surface area contributed by atoms with Crippen molar-refractivity contribution in [3.63, 3.8) is 0 Å². The highest BCUT2D eigenvalue weighted by Gasteiger charge is 2.25. The second kappa shape index (κ2) is 8.67. The number of ketones is 1. The maximum atomic E-state index is 13.6. The van der Waals surface area contributed by atoms with Crippen LogP contribution in [0.1, 0.15) is 10.5 Å². The van der Waals surface area contributed by atoms with Crippen molar-refractivity contribution < 1.29 is 18.7 Å². The Bertz CT molecular complexity index is 1280. The smallest absolute Gasteiger partial charge is 0.298 e.